The molecule has 61 heavy (non-hydrogen) atoms. The van der Waals surface area contributed by atoms with Gasteiger partial charge in [0.2, 0.25) is 0 Å². The van der Waals surface area contributed by atoms with Gasteiger partial charge in [-0.15, -0.1) is 0 Å². The van der Waals surface area contributed by atoms with E-state index in [0.717, 1.165) is 46.0 Å². The van der Waals surface area contributed by atoms with E-state index in [9.17, 15) is 45.8 Å². The molecular formula is C45H84F6O10. The van der Waals surface area contributed by atoms with Crippen molar-refractivity contribution in [3.8, 4) is 0 Å². The highest BCUT2D eigenvalue weighted by Crippen LogP contribution is 2.60. The number of aliphatic hydroxyl groups excluding tert-OH is 1. The van der Waals surface area contributed by atoms with Gasteiger partial charge in [-0.2, -0.15) is 26.3 Å². The van der Waals surface area contributed by atoms with E-state index in [4.69, 9.17) is 28.4 Å². The fourth-order valence-electron chi connectivity index (χ4n) is 8.72. The minimum atomic E-state index is -4.69. The summed E-state index contributed by atoms with van der Waals surface area (Å²) in [7, 11) is 0. The standard InChI is InChI=1S/C17H25F3O2.C12H17F3O5.C10H18O3.6CH4/c1-4-15(2,17(18,19)20)14(21)22-16(3)12-6-10-5-11(8-12)9-13(16)7-10;1-3-11(2,12(13,14)15)10(17)20-7-5-19-8-6(16)4-18-9(7)8;1-5-7(2)12-8-6-10(3,4)13-9(8)11;;;;;;/h10-13H,4-9H2,1-3H3;6-9,16H,3-5H2,1-2H3;7-8H,5-6H2,1-4H3;6*1H4. The summed E-state index contributed by atoms with van der Waals surface area (Å²) in [5.41, 5.74) is -6.01. The van der Waals surface area contributed by atoms with Gasteiger partial charge >= 0.3 is 30.3 Å². The van der Waals surface area contributed by atoms with Crippen molar-refractivity contribution < 1.29 is 74.3 Å². The zero-order chi connectivity index (χ0) is 41.5. The smallest absolute Gasteiger partial charge is 0.404 e. The van der Waals surface area contributed by atoms with Crippen LogP contribution in [0, 0.1) is 34.5 Å². The highest BCUT2D eigenvalue weighted by Gasteiger charge is 2.62. The van der Waals surface area contributed by atoms with E-state index in [-0.39, 0.29) is 99.8 Å². The van der Waals surface area contributed by atoms with Crippen molar-refractivity contribution in [1.82, 2.24) is 0 Å². The minimum absolute atomic E-state index is 0. The van der Waals surface area contributed by atoms with Crippen LogP contribution in [-0.2, 0) is 42.8 Å². The van der Waals surface area contributed by atoms with Gasteiger partial charge in [0, 0.05) is 6.42 Å². The number of hydrogen-bond acceptors (Lipinski definition) is 10. The Labute approximate surface area is 364 Å². The second kappa shape index (κ2) is 23.1. The Hall–Kier alpha value is -2.17. The Kier molecular flexibility index (Phi) is 24.0. The average molecular weight is 899 g/mol. The third kappa shape index (κ3) is 13.2. The number of cyclic esters (lactones) is 1. The molecule has 0 aromatic carbocycles. The molecule has 7 fully saturated rings. The number of halogens is 6. The maximum Gasteiger partial charge on any atom is 0.404 e. The van der Waals surface area contributed by atoms with Gasteiger partial charge in [0.05, 0.1) is 19.3 Å². The number of aliphatic hydroxyl groups is 1. The third-order valence-electron chi connectivity index (χ3n) is 13.2. The second-order valence-electron chi connectivity index (χ2n) is 17.6. The number of esters is 3. The number of carbonyl (C=O) groups excluding carboxylic acids is 3. The molecule has 10 nitrogen and oxygen atoms in total. The van der Waals surface area contributed by atoms with Crippen LogP contribution in [0.3, 0.4) is 0 Å². The largest absolute Gasteiger partial charge is 0.458 e. The Morgan fingerprint density at radius 2 is 1.20 bits per heavy atom. The molecule has 0 aromatic heterocycles. The van der Waals surface area contributed by atoms with Crippen molar-refractivity contribution in [1.29, 1.82) is 0 Å². The summed E-state index contributed by atoms with van der Waals surface area (Å²) in [6.07, 6.45) is -6.43. The van der Waals surface area contributed by atoms with Gasteiger partial charge < -0.3 is 33.5 Å². The Morgan fingerprint density at radius 1 is 0.754 bits per heavy atom. The zero-order valence-electron chi connectivity index (χ0n) is 33.4. The lowest BCUT2D eigenvalue weighted by atomic mass is 9.50. The van der Waals surface area contributed by atoms with E-state index in [1.165, 1.54) is 20.3 Å². The fraction of sp³-hybridized carbons (Fsp3) is 0.933. The maximum atomic E-state index is 13.3. The molecule has 16 heteroatoms. The highest BCUT2D eigenvalue weighted by atomic mass is 19.4. The normalized spacial score (nSPS) is 33.6. The lowest BCUT2D eigenvalue weighted by molar-refractivity contribution is -0.253. The minimum Gasteiger partial charge on any atom is -0.458 e. The molecule has 0 radical (unpaired) electrons. The summed E-state index contributed by atoms with van der Waals surface area (Å²) in [6.45, 7) is 14.1. The van der Waals surface area contributed by atoms with Crippen LogP contribution in [0.4, 0.5) is 26.3 Å². The van der Waals surface area contributed by atoms with Crippen molar-refractivity contribution in [2.24, 2.45) is 34.5 Å². The van der Waals surface area contributed by atoms with Crippen molar-refractivity contribution in [3.63, 3.8) is 0 Å². The summed E-state index contributed by atoms with van der Waals surface area (Å²) < 4.78 is 110. The zero-order valence-corrected chi connectivity index (χ0v) is 33.4. The van der Waals surface area contributed by atoms with Crippen molar-refractivity contribution >= 4 is 17.9 Å². The topological polar surface area (TPSA) is 127 Å². The summed E-state index contributed by atoms with van der Waals surface area (Å²) in [4.78, 5) is 35.5. The van der Waals surface area contributed by atoms with Crippen LogP contribution < -0.4 is 0 Å². The summed E-state index contributed by atoms with van der Waals surface area (Å²) in [5, 5.41) is 9.52. The number of ether oxygens (including phenoxy) is 6. The second-order valence-corrected chi connectivity index (χ2v) is 17.6. The van der Waals surface area contributed by atoms with Crippen molar-refractivity contribution in [3.05, 3.63) is 0 Å². The maximum absolute atomic E-state index is 13.3. The van der Waals surface area contributed by atoms with Crippen LogP contribution in [0.1, 0.15) is 165 Å². The molecule has 0 spiro atoms. The van der Waals surface area contributed by atoms with E-state index in [1.54, 1.807) is 0 Å². The van der Waals surface area contributed by atoms with E-state index in [1.807, 2.05) is 34.6 Å². The molecule has 4 aliphatic carbocycles. The highest BCUT2D eigenvalue weighted by molar-refractivity contribution is 5.78. The van der Waals surface area contributed by atoms with Gasteiger partial charge in [-0.25, -0.2) is 4.79 Å². The number of alkyl halides is 6. The molecule has 8 atom stereocenters. The molecule has 3 heterocycles. The average Bonchev–Trinajstić information content (AvgIpc) is 3.74. The molecule has 8 unspecified atom stereocenters. The summed E-state index contributed by atoms with van der Waals surface area (Å²) in [5.74, 6) is -0.789. The molecule has 7 aliphatic rings. The Morgan fingerprint density at radius 3 is 1.59 bits per heavy atom. The first-order valence-electron chi connectivity index (χ1n) is 19.6. The predicted octanol–water partition coefficient (Wildman–Crippen LogP) is 11.5. The number of carbonyl (C=O) groups is 3. The van der Waals surface area contributed by atoms with Crippen LogP contribution in [0.2, 0.25) is 0 Å². The van der Waals surface area contributed by atoms with Gasteiger partial charge in [0.1, 0.15) is 29.5 Å². The third-order valence-corrected chi connectivity index (χ3v) is 13.2. The summed E-state index contributed by atoms with van der Waals surface area (Å²) >= 11 is 0. The van der Waals surface area contributed by atoms with E-state index in [2.05, 4.69) is 0 Å². The van der Waals surface area contributed by atoms with Crippen LogP contribution >= 0.6 is 0 Å². The van der Waals surface area contributed by atoms with Gasteiger partial charge in [-0.1, -0.05) is 65.3 Å². The van der Waals surface area contributed by atoms with Gasteiger partial charge in [-0.3, -0.25) is 9.59 Å². The van der Waals surface area contributed by atoms with Crippen LogP contribution in [0.5, 0.6) is 0 Å². The Bertz CT molecular complexity index is 1340. The lowest BCUT2D eigenvalue weighted by Crippen LogP contribution is -2.59. The molecule has 7 rings (SSSR count). The van der Waals surface area contributed by atoms with Gasteiger partial charge in [0.15, 0.2) is 23.0 Å². The monoisotopic (exact) mass is 899 g/mol. The van der Waals surface area contributed by atoms with Crippen molar-refractivity contribution in [2.45, 2.75) is 225 Å². The van der Waals surface area contributed by atoms with Crippen LogP contribution in [0.25, 0.3) is 0 Å². The van der Waals surface area contributed by atoms with Crippen LogP contribution in [0.15, 0.2) is 0 Å². The molecule has 4 saturated carbocycles. The molecule has 1 N–H and O–H groups in total. The van der Waals surface area contributed by atoms with E-state index < -0.39 is 71.6 Å². The fourth-order valence-corrected chi connectivity index (χ4v) is 8.72. The quantitative estimate of drug-likeness (QED) is 0.136. The first-order valence-corrected chi connectivity index (χ1v) is 19.6. The molecule has 366 valence electrons. The van der Waals surface area contributed by atoms with E-state index >= 15 is 0 Å². The van der Waals surface area contributed by atoms with Crippen LogP contribution in [-0.4, -0.2) is 96.4 Å². The predicted molar refractivity (Wildman–Crippen MR) is 226 cm³/mol. The van der Waals surface area contributed by atoms with Gasteiger partial charge in [0.25, 0.3) is 0 Å². The lowest BCUT2D eigenvalue weighted by Gasteiger charge is -2.59. The number of fused-ring (bicyclic) bond motifs is 1. The number of hydrogen-bond donors (Lipinski definition) is 1. The first-order chi connectivity index (χ1) is 25.2. The molecule has 0 aromatic rings. The SMILES string of the molecule is C.C.C.C.C.C.CCC(C)(C(=O)OC1(C)C2CC3CC(C2)CC1C3)C(F)(F)F.CCC(C)(C(=O)OC1COC2C(O)COC12)C(F)(F)F.CCC(C)OC1CC(C)(C)OC1=O. The molecule has 3 aliphatic heterocycles. The number of rotatable bonds is 9. The molecular weight excluding hydrogens is 814 g/mol. The molecule has 4 bridgehead atoms. The van der Waals surface area contributed by atoms with Crippen molar-refractivity contribution in [2.75, 3.05) is 13.2 Å². The summed E-state index contributed by atoms with van der Waals surface area (Å²) in [6, 6.07) is 0. The first kappa shape index (κ1) is 63.1. The van der Waals surface area contributed by atoms with Gasteiger partial charge in [-0.05, 0) is 117 Å². The Balaban J connectivity index is -0.000000811. The molecule has 3 saturated heterocycles. The van der Waals surface area contributed by atoms with E-state index in [0.29, 0.717) is 18.3 Å². The molecule has 0 amide bonds.